The zero-order valence-corrected chi connectivity index (χ0v) is 42.9. The minimum atomic E-state index is -4.84. The van der Waals surface area contributed by atoms with Crippen LogP contribution in [0.2, 0.25) is 0 Å². The number of carbonyl (C=O) groups excluding carboxylic acids is 1. The Labute approximate surface area is 433 Å². The van der Waals surface area contributed by atoms with Crippen molar-refractivity contribution in [2.45, 2.75) is 87.5 Å². The number of carbonyl (C=O) groups is 1. The molecule has 0 bridgehead atoms. The van der Waals surface area contributed by atoms with Crippen molar-refractivity contribution in [2.24, 2.45) is 5.41 Å². The monoisotopic (exact) mass is 1050 g/mol. The SMILES string of the molecule is COc1ccc(CN2CCN(C3CC4(CCN(c5cc(Oc6cnc7[nH]cc(F)c7c6)c(C(=O)NS(=O)(=O)c6ccc(NCC7(F)CCOCC7)c([N+](=O)[O-])c6)cc5F)CC4)C3)[C@H](c3ccccc3C(C)C)C2)cc1. The number of nitrogens with zero attached hydrogens (tertiary/aromatic N) is 5. The molecular weight excluding hydrogens is 990 g/mol. The largest absolute Gasteiger partial charge is 0.497 e. The van der Waals surface area contributed by atoms with Gasteiger partial charge in [-0.2, -0.15) is 0 Å². The van der Waals surface area contributed by atoms with Gasteiger partial charge >= 0.3 is 0 Å². The van der Waals surface area contributed by atoms with Gasteiger partial charge < -0.3 is 29.4 Å². The average molecular weight is 1050 g/mol. The Morgan fingerprint density at radius 2 is 1.69 bits per heavy atom. The number of halogens is 3. The second kappa shape index (κ2) is 21.1. The molecular formula is C55H61F3N8O8S. The molecule has 3 saturated heterocycles. The molecule has 1 spiro atoms. The van der Waals surface area contributed by atoms with Crippen molar-refractivity contribution in [3.8, 4) is 17.2 Å². The van der Waals surface area contributed by atoms with Gasteiger partial charge in [0.15, 0.2) is 0 Å². The minimum Gasteiger partial charge on any atom is -0.497 e. The summed E-state index contributed by atoms with van der Waals surface area (Å²) in [7, 11) is -3.17. The van der Waals surface area contributed by atoms with Gasteiger partial charge in [0.1, 0.15) is 45.9 Å². The molecule has 1 amide bonds. The molecule has 3 aliphatic heterocycles. The molecule has 396 valence electrons. The standard InChI is InChI=1S/C55H61F3N8O8S/c1-35(2)41-6-4-5-7-42(41)50-33-63(32-36-8-10-38(72-3)11-9-36)20-21-65(50)37-28-54(29-37)14-18-64(19-15-54)48-27-51(74-39-24-43-46(57)31-60-52(43)59-30-39)44(26-45(48)56)53(67)62-75(70,71)40-12-13-47(49(25-40)66(68)69)61-34-55(58)16-22-73-23-17-55/h4-13,24-27,30-31,35,37,50,61H,14-23,28-29,32-34H2,1-3H3,(H,59,60)(H,62,67)/t50-/m0/s1. The molecule has 4 fully saturated rings. The fraction of sp³-hybridized carbons (Fsp3) is 0.418. The summed E-state index contributed by atoms with van der Waals surface area (Å²) < 4.78 is 92.9. The number of nitrogens with one attached hydrogen (secondary N) is 3. The van der Waals surface area contributed by atoms with E-state index in [4.69, 9.17) is 14.2 Å². The number of H-pyrrole nitrogens is 1. The first-order chi connectivity index (χ1) is 36.0. The van der Waals surface area contributed by atoms with Crippen molar-refractivity contribution in [1.82, 2.24) is 24.5 Å². The predicted molar refractivity (Wildman–Crippen MR) is 278 cm³/mol. The lowest BCUT2D eigenvalue weighted by molar-refractivity contribution is -0.384. The first-order valence-electron chi connectivity index (χ1n) is 25.4. The lowest BCUT2D eigenvalue weighted by Crippen LogP contribution is -2.60. The molecule has 0 unspecified atom stereocenters. The molecule has 0 radical (unpaired) electrons. The van der Waals surface area contributed by atoms with Gasteiger partial charge in [0.05, 0.1) is 39.8 Å². The summed E-state index contributed by atoms with van der Waals surface area (Å²) in [5.41, 5.74) is 1.38. The van der Waals surface area contributed by atoms with Gasteiger partial charge in [-0.05, 0) is 90.1 Å². The van der Waals surface area contributed by atoms with Crippen LogP contribution in [0.25, 0.3) is 11.0 Å². The molecule has 6 aromatic rings. The van der Waals surface area contributed by atoms with E-state index in [1.165, 1.54) is 35.0 Å². The van der Waals surface area contributed by atoms with Crippen molar-refractivity contribution >= 4 is 44.0 Å². The van der Waals surface area contributed by atoms with Crippen molar-refractivity contribution in [3.05, 3.63) is 141 Å². The zero-order chi connectivity index (χ0) is 52.6. The van der Waals surface area contributed by atoms with Crippen LogP contribution in [0, 0.1) is 27.2 Å². The number of pyridine rings is 1. The summed E-state index contributed by atoms with van der Waals surface area (Å²) in [6.07, 6.45) is 6.16. The number of nitro benzene ring substituents is 1. The van der Waals surface area contributed by atoms with Crippen molar-refractivity contribution < 1.29 is 45.5 Å². The number of alkyl halides is 1. The first-order valence-corrected chi connectivity index (χ1v) is 26.9. The van der Waals surface area contributed by atoms with Crippen LogP contribution in [0.15, 0.2) is 102 Å². The van der Waals surface area contributed by atoms with Gasteiger partial charge in [-0.25, -0.2) is 31.3 Å². The molecule has 75 heavy (non-hydrogen) atoms. The van der Waals surface area contributed by atoms with Crippen LogP contribution in [-0.2, 0) is 21.3 Å². The number of benzene rings is 4. The Morgan fingerprint density at radius 3 is 2.41 bits per heavy atom. The summed E-state index contributed by atoms with van der Waals surface area (Å²) in [6.45, 7) is 9.21. The third-order valence-corrected chi connectivity index (χ3v) is 17.0. The van der Waals surface area contributed by atoms with Crippen LogP contribution in [0.4, 0.5) is 30.2 Å². The molecule has 3 N–H and O–H groups in total. The normalized spacial score (nSPS) is 19.2. The number of aromatic amines is 1. The van der Waals surface area contributed by atoms with E-state index < -0.39 is 54.3 Å². The Hall–Kier alpha value is -6.74. The second-order valence-corrected chi connectivity index (χ2v) is 22.4. The number of sulfonamides is 1. The third-order valence-electron chi connectivity index (χ3n) is 15.7. The maximum Gasteiger partial charge on any atom is 0.293 e. The van der Waals surface area contributed by atoms with Gasteiger partial charge in [0, 0.05) is 102 Å². The molecule has 2 aromatic heterocycles. The number of methoxy groups -OCH3 is 1. The summed E-state index contributed by atoms with van der Waals surface area (Å²) in [6, 6.07) is 24.1. The maximum atomic E-state index is 16.6. The average Bonchev–Trinajstić information content (AvgIpc) is 3.77. The van der Waals surface area contributed by atoms with Crippen LogP contribution in [-0.4, -0.2) is 110 Å². The molecule has 1 aliphatic carbocycles. The highest BCUT2D eigenvalue weighted by Crippen LogP contribution is 2.54. The molecule has 16 nitrogen and oxygen atoms in total. The van der Waals surface area contributed by atoms with Crippen molar-refractivity contribution in [3.63, 3.8) is 0 Å². The van der Waals surface area contributed by atoms with Crippen molar-refractivity contribution in [2.75, 3.05) is 69.8 Å². The molecule has 1 atom stereocenters. The van der Waals surface area contributed by atoms with Gasteiger partial charge in [0.2, 0.25) is 0 Å². The molecule has 1 saturated carbocycles. The van der Waals surface area contributed by atoms with Crippen LogP contribution in [0.1, 0.15) is 91.4 Å². The summed E-state index contributed by atoms with van der Waals surface area (Å²) in [4.78, 5) is 38.8. The van der Waals surface area contributed by atoms with Crippen molar-refractivity contribution in [1.29, 1.82) is 0 Å². The minimum absolute atomic E-state index is 0.0148. The maximum absolute atomic E-state index is 16.6. The molecule has 4 aliphatic rings. The quantitative estimate of drug-likeness (QED) is 0.0615. The Bertz CT molecular complexity index is 3190. The third kappa shape index (κ3) is 11.0. The predicted octanol–water partition coefficient (Wildman–Crippen LogP) is 10.0. The second-order valence-electron chi connectivity index (χ2n) is 20.8. The van der Waals surface area contributed by atoms with E-state index in [2.05, 4.69) is 75.3 Å². The summed E-state index contributed by atoms with van der Waals surface area (Å²) in [5, 5.41) is 15.0. The van der Waals surface area contributed by atoms with Gasteiger partial charge in [-0.3, -0.25) is 24.7 Å². The Morgan fingerprint density at radius 1 is 0.947 bits per heavy atom. The van der Waals surface area contributed by atoms with E-state index >= 15 is 8.78 Å². The highest BCUT2D eigenvalue weighted by atomic mass is 32.2. The fourth-order valence-electron chi connectivity index (χ4n) is 11.4. The van der Waals surface area contributed by atoms with Gasteiger partial charge in [-0.15, -0.1) is 0 Å². The molecule has 4 aromatic carbocycles. The molecule has 10 rings (SSSR count). The van der Waals surface area contributed by atoms with E-state index in [1.807, 2.05) is 21.8 Å². The molecule has 5 heterocycles. The number of amides is 1. The van der Waals surface area contributed by atoms with Crippen LogP contribution in [0.5, 0.6) is 17.2 Å². The highest BCUT2D eigenvalue weighted by Gasteiger charge is 2.50. The summed E-state index contributed by atoms with van der Waals surface area (Å²) >= 11 is 0. The molecule has 20 heteroatoms. The number of aromatic nitrogens is 2. The topological polar surface area (TPSA) is 184 Å². The number of anilines is 2. The number of piperidine rings is 1. The van der Waals surface area contributed by atoms with Gasteiger partial charge in [0.25, 0.3) is 21.6 Å². The highest BCUT2D eigenvalue weighted by molar-refractivity contribution is 7.90. The number of ether oxygens (including phenoxy) is 3. The number of fused-ring (bicyclic) bond motifs is 1. The van der Waals surface area contributed by atoms with E-state index in [0.29, 0.717) is 25.0 Å². The Kier molecular flexibility index (Phi) is 14.6. The first kappa shape index (κ1) is 51.7. The van der Waals surface area contributed by atoms with E-state index in [0.717, 1.165) is 88.1 Å². The van der Waals surface area contributed by atoms with E-state index in [1.54, 1.807) is 7.11 Å². The Balaban J connectivity index is 0.859. The lowest BCUT2D eigenvalue weighted by atomic mass is 9.59. The van der Waals surface area contributed by atoms with E-state index in [9.17, 15) is 27.7 Å². The van der Waals surface area contributed by atoms with E-state index in [-0.39, 0.29) is 78.0 Å². The number of nitro groups is 1. The zero-order valence-electron chi connectivity index (χ0n) is 42.1. The van der Waals surface area contributed by atoms with Gasteiger partial charge in [-0.1, -0.05) is 50.2 Å². The smallest absolute Gasteiger partial charge is 0.293 e. The summed E-state index contributed by atoms with van der Waals surface area (Å²) in [5.74, 6) is -1.77. The fourth-order valence-corrected chi connectivity index (χ4v) is 12.4. The van der Waals surface area contributed by atoms with Crippen LogP contribution < -0.4 is 24.4 Å². The number of piperazine rings is 1. The number of rotatable bonds is 16. The number of hydrogen-bond donors (Lipinski definition) is 3. The van der Waals surface area contributed by atoms with Crippen LogP contribution in [0.3, 0.4) is 0 Å². The number of hydrogen-bond acceptors (Lipinski definition) is 13. The lowest BCUT2D eigenvalue weighted by Gasteiger charge is -2.58. The van der Waals surface area contributed by atoms with Crippen LogP contribution >= 0.6 is 0 Å².